The number of benzene rings is 3. The van der Waals surface area contributed by atoms with E-state index in [2.05, 4.69) is 66.8 Å². The van der Waals surface area contributed by atoms with Crippen LogP contribution in [0.3, 0.4) is 0 Å². The summed E-state index contributed by atoms with van der Waals surface area (Å²) in [7, 11) is 0. The average molecular weight is 454 g/mol. The Morgan fingerprint density at radius 1 is 0.971 bits per heavy atom. The molecule has 1 aliphatic heterocycles. The van der Waals surface area contributed by atoms with Crippen molar-refractivity contribution in [1.82, 2.24) is 4.90 Å². The lowest BCUT2D eigenvalue weighted by Crippen LogP contribution is -2.34. The van der Waals surface area contributed by atoms with Crippen molar-refractivity contribution in [3.05, 3.63) is 84.6 Å². The summed E-state index contributed by atoms with van der Waals surface area (Å²) in [5.41, 5.74) is 2.14. The van der Waals surface area contributed by atoms with Crippen molar-refractivity contribution >= 4 is 27.5 Å². The van der Waals surface area contributed by atoms with Gasteiger partial charge in [-0.15, -0.1) is 12.8 Å². The van der Waals surface area contributed by atoms with Crippen molar-refractivity contribution in [2.24, 2.45) is 0 Å². The number of likely N-dealkylation sites (tertiary alicyclic amines) is 1. The Kier molecular flexibility index (Phi) is 7.57. The standard InChI is InChI=1S/C28H29NO3.C2H2/c1-20(30)27-19-25-8-4-9-26(28(25)32-27)31-17-5-14-29-15-12-22(13-16-29)24-11-10-21-6-2-3-7-23(21)18-24;1-2/h2-4,6-11,18-19,22,30H,1,5,12-17H2;1-2H. The number of hydrogen-bond acceptors (Lipinski definition) is 4. The monoisotopic (exact) mass is 453 g/mol. The van der Waals surface area contributed by atoms with Crippen LogP contribution in [-0.2, 0) is 0 Å². The number of aliphatic hydroxyl groups is 1. The van der Waals surface area contributed by atoms with E-state index in [0.29, 0.717) is 29.6 Å². The van der Waals surface area contributed by atoms with Gasteiger partial charge in [-0.1, -0.05) is 61.2 Å². The second kappa shape index (κ2) is 11.0. The lowest BCUT2D eigenvalue weighted by Gasteiger charge is -2.32. The van der Waals surface area contributed by atoms with E-state index in [1.54, 1.807) is 6.07 Å². The van der Waals surface area contributed by atoms with Gasteiger partial charge < -0.3 is 19.2 Å². The molecule has 4 heteroatoms. The molecule has 34 heavy (non-hydrogen) atoms. The minimum absolute atomic E-state index is 0.0701. The van der Waals surface area contributed by atoms with Gasteiger partial charge in [0.05, 0.1) is 6.61 Å². The highest BCUT2D eigenvalue weighted by molar-refractivity contribution is 5.85. The molecule has 1 fully saturated rings. The molecule has 0 radical (unpaired) electrons. The van der Waals surface area contributed by atoms with Crippen LogP contribution < -0.4 is 4.74 Å². The van der Waals surface area contributed by atoms with E-state index in [1.165, 1.54) is 29.2 Å². The first-order chi connectivity index (χ1) is 16.7. The molecule has 3 aromatic carbocycles. The molecule has 1 aliphatic rings. The van der Waals surface area contributed by atoms with Gasteiger partial charge in [-0.05, 0) is 66.7 Å². The number of terminal acetylenes is 1. The first-order valence-corrected chi connectivity index (χ1v) is 11.8. The molecule has 0 amide bonds. The summed E-state index contributed by atoms with van der Waals surface area (Å²) in [5.74, 6) is 1.67. The van der Waals surface area contributed by atoms with E-state index in [4.69, 9.17) is 9.15 Å². The molecule has 0 aliphatic carbocycles. The fourth-order valence-electron chi connectivity index (χ4n) is 4.71. The van der Waals surface area contributed by atoms with Crippen LogP contribution in [0.2, 0.25) is 0 Å². The number of rotatable bonds is 7. The summed E-state index contributed by atoms with van der Waals surface area (Å²) >= 11 is 0. The molecule has 5 rings (SSSR count). The molecule has 0 bridgehead atoms. The summed E-state index contributed by atoms with van der Waals surface area (Å²) in [6.45, 7) is 7.47. The molecule has 0 unspecified atom stereocenters. The van der Waals surface area contributed by atoms with Crippen LogP contribution in [0.1, 0.15) is 36.5 Å². The maximum absolute atomic E-state index is 9.58. The van der Waals surface area contributed by atoms with Crippen LogP contribution >= 0.6 is 0 Å². The predicted octanol–water partition coefficient (Wildman–Crippen LogP) is 7.01. The van der Waals surface area contributed by atoms with Crippen molar-refractivity contribution < 1.29 is 14.3 Å². The molecule has 1 aromatic heterocycles. The average Bonchev–Trinajstić information content (AvgIpc) is 3.34. The topological polar surface area (TPSA) is 45.8 Å². The van der Waals surface area contributed by atoms with E-state index in [-0.39, 0.29) is 5.76 Å². The Balaban J connectivity index is 0.00000133. The quantitative estimate of drug-likeness (QED) is 0.186. The fourth-order valence-corrected chi connectivity index (χ4v) is 4.71. The Morgan fingerprint density at radius 3 is 2.47 bits per heavy atom. The molecule has 0 atom stereocenters. The highest BCUT2D eigenvalue weighted by Crippen LogP contribution is 2.32. The molecule has 2 heterocycles. The second-order valence-corrected chi connectivity index (χ2v) is 8.66. The minimum Gasteiger partial charge on any atom is -0.505 e. The molecule has 0 spiro atoms. The molecule has 0 saturated carbocycles. The van der Waals surface area contributed by atoms with Gasteiger partial charge in [0.2, 0.25) is 0 Å². The SMILES string of the molecule is C#C.C=C(O)c1cc2cccc(OCCCN3CCC(c4ccc5ccccc5c4)CC3)c2o1. The third-order valence-electron chi connectivity index (χ3n) is 6.50. The van der Waals surface area contributed by atoms with Crippen molar-refractivity contribution in [3.63, 3.8) is 0 Å². The maximum Gasteiger partial charge on any atom is 0.176 e. The van der Waals surface area contributed by atoms with E-state index < -0.39 is 0 Å². The normalized spacial score (nSPS) is 14.5. The molecule has 1 N–H and O–H groups in total. The number of aliphatic hydroxyl groups excluding tert-OH is 1. The summed E-state index contributed by atoms with van der Waals surface area (Å²) in [4.78, 5) is 2.54. The first-order valence-electron chi connectivity index (χ1n) is 11.8. The van der Waals surface area contributed by atoms with Gasteiger partial charge in [0.15, 0.2) is 22.9 Å². The summed E-state index contributed by atoms with van der Waals surface area (Å²) in [6.07, 6.45) is 11.4. The number of fused-ring (bicyclic) bond motifs is 2. The van der Waals surface area contributed by atoms with Crippen LogP contribution in [0.25, 0.3) is 27.5 Å². The van der Waals surface area contributed by atoms with Crippen molar-refractivity contribution in [1.29, 1.82) is 0 Å². The Hall–Kier alpha value is -3.68. The zero-order valence-corrected chi connectivity index (χ0v) is 19.5. The van der Waals surface area contributed by atoms with Gasteiger partial charge in [-0.25, -0.2) is 0 Å². The van der Waals surface area contributed by atoms with Gasteiger partial charge in [-0.2, -0.15) is 0 Å². The Bertz CT molecular complexity index is 1280. The van der Waals surface area contributed by atoms with Crippen molar-refractivity contribution in [2.45, 2.75) is 25.2 Å². The van der Waals surface area contributed by atoms with Crippen LogP contribution in [0, 0.1) is 12.8 Å². The summed E-state index contributed by atoms with van der Waals surface area (Å²) in [5, 5.41) is 13.1. The Labute approximate surface area is 201 Å². The number of piperidine rings is 1. The van der Waals surface area contributed by atoms with Gasteiger partial charge in [0, 0.05) is 11.9 Å². The summed E-state index contributed by atoms with van der Waals surface area (Å²) in [6, 6.07) is 23.1. The third-order valence-corrected chi connectivity index (χ3v) is 6.50. The van der Waals surface area contributed by atoms with Crippen LogP contribution in [0.15, 0.2) is 77.7 Å². The maximum atomic E-state index is 9.58. The third kappa shape index (κ3) is 5.27. The summed E-state index contributed by atoms with van der Waals surface area (Å²) < 4.78 is 11.7. The van der Waals surface area contributed by atoms with Crippen molar-refractivity contribution in [2.75, 3.05) is 26.2 Å². The second-order valence-electron chi connectivity index (χ2n) is 8.66. The zero-order valence-electron chi connectivity index (χ0n) is 19.5. The lowest BCUT2D eigenvalue weighted by molar-refractivity contribution is 0.193. The highest BCUT2D eigenvalue weighted by Gasteiger charge is 2.20. The number of furan rings is 1. The molecule has 4 aromatic rings. The Morgan fingerprint density at radius 2 is 1.71 bits per heavy atom. The van der Waals surface area contributed by atoms with E-state index in [0.717, 1.165) is 31.4 Å². The fraction of sp³-hybridized carbons (Fsp3) is 0.267. The number of hydrogen-bond donors (Lipinski definition) is 1. The van der Waals surface area contributed by atoms with Gasteiger partial charge in [0.25, 0.3) is 0 Å². The van der Waals surface area contributed by atoms with Crippen LogP contribution in [-0.4, -0.2) is 36.2 Å². The van der Waals surface area contributed by atoms with Gasteiger partial charge >= 0.3 is 0 Å². The number of ether oxygens (including phenoxy) is 1. The van der Waals surface area contributed by atoms with E-state index in [9.17, 15) is 5.11 Å². The predicted molar refractivity (Wildman–Crippen MR) is 140 cm³/mol. The largest absolute Gasteiger partial charge is 0.505 e. The number of para-hydroxylation sites is 1. The van der Waals surface area contributed by atoms with Crippen LogP contribution in [0.4, 0.5) is 0 Å². The van der Waals surface area contributed by atoms with Crippen LogP contribution in [0.5, 0.6) is 5.75 Å². The van der Waals surface area contributed by atoms with Crippen molar-refractivity contribution in [3.8, 4) is 18.6 Å². The first kappa shape index (κ1) is 23.5. The molecular weight excluding hydrogens is 422 g/mol. The van der Waals surface area contributed by atoms with Gasteiger partial charge in [0.1, 0.15) is 0 Å². The lowest BCUT2D eigenvalue weighted by atomic mass is 9.88. The smallest absolute Gasteiger partial charge is 0.176 e. The minimum atomic E-state index is -0.0701. The van der Waals surface area contributed by atoms with E-state index in [1.807, 2.05) is 18.2 Å². The molecular formula is C30H31NO3. The molecule has 174 valence electrons. The highest BCUT2D eigenvalue weighted by atomic mass is 16.5. The zero-order chi connectivity index (χ0) is 23.9. The number of nitrogens with zero attached hydrogens (tertiary/aromatic N) is 1. The van der Waals surface area contributed by atoms with Gasteiger partial charge in [-0.3, -0.25) is 0 Å². The molecule has 4 nitrogen and oxygen atoms in total. The molecule has 1 saturated heterocycles. The van der Waals surface area contributed by atoms with E-state index >= 15 is 0 Å².